The van der Waals surface area contributed by atoms with Crippen molar-refractivity contribution in [3.63, 3.8) is 0 Å². The van der Waals surface area contributed by atoms with Gasteiger partial charge in [-0.2, -0.15) is 4.98 Å². The molecule has 6 rings (SSSR count). The van der Waals surface area contributed by atoms with Crippen LogP contribution in [-0.2, 0) is 6.42 Å². The van der Waals surface area contributed by atoms with Crippen LogP contribution in [0.4, 0.5) is 5.82 Å². The molecule has 34 heavy (non-hydrogen) atoms. The minimum Gasteiger partial charge on any atom is -0.486 e. The van der Waals surface area contributed by atoms with E-state index >= 15 is 0 Å². The quantitative estimate of drug-likeness (QED) is 0.458. The number of anilines is 1. The van der Waals surface area contributed by atoms with E-state index in [-0.39, 0.29) is 5.78 Å². The molecule has 1 fully saturated rings. The topological polar surface area (TPSA) is 107 Å². The number of piperidine rings is 1. The van der Waals surface area contributed by atoms with Crippen molar-refractivity contribution in [1.82, 2.24) is 25.3 Å². The van der Waals surface area contributed by atoms with Gasteiger partial charge in [0.2, 0.25) is 0 Å². The highest BCUT2D eigenvalue weighted by Gasteiger charge is 2.43. The summed E-state index contributed by atoms with van der Waals surface area (Å²) in [4.78, 5) is 23.3. The van der Waals surface area contributed by atoms with Gasteiger partial charge in [0, 0.05) is 44.7 Å². The molecule has 1 spiro atoms. The third-order valence-electron chi connectivity index (χ3n) is 6.42. The number of nitrogens with zero attached hydrogens (tertiary/aromatic N) is 6. The second-order valence-electron chi connectivity index (χ2n) is 8.70. The van der Waals surface area contributed by atoms with E-state index in [4.69, 9.17) is 9.26 Å². The fourth-order valence-electron chi connectivity index (χ4n) is 4.59. The lowest BCUT2D eigenvalue weighted by Crippen LogP contribution is -2.51. The van der Waals surface area contributed by atoms with E-state index in [1.807, 2.05) is 48.5 Å². The van der Waals surface area contributed by atoms with Crippen molar-refractivity contribution < 1.29 is 14.1 Å². The molecule has 0 atom stereocenters. The zero-order valence-corrected chi connectivity index (χ0v) is 18.4. The molecule has 2 aliphatic heterocycles. The zero-order valence-electron chi connectivity index (χ0n) is 18.4. The van der Waals surface area contributed by atoms with Crippen molar-refractivity contribution in [2.45, 2.75) is 31.3 Å². The lowest BCUT2D eigenvalue weighted by Gasteiger charge is -2.44. The number of carbonyl (C=O) groups excluding carboxylic acids is 1. The zero-order chi connectivity index (χ0) is 23.0. The molecule has 170 valence electrons. The molecule has 0 N–H and O–H groups in total. The lowest BCUT2D eigenvalue weighted by atomic mass is 9.82. The molecular formula is C25H22N6O3. The Kier molecular flexibility index (Phi) is 5.01. The smallest absolute Gasteiger partial charge is 0.278 e. The SMILES string of the molecule is O=C1CC2(CCN(c3ccc(-c4nc(Cc5cccnc5)no4)nn3)CC2)Oc2ccccc21. The fourth-order valence-corrected chi connectivity index (χ4v) is 4.59. The highest BCUT2D eigenvalue weighted by Crippen LogP contribution is 2.39. The number of Topliss-reactive ketones (excluding diaryl/α,β-unsaturated/α-hetero) is 1. The van der Waals surface area contributed by atoms with E-state index < -0.39 is 5.60 Å². The Morgan fingerprint density at radius 2 is 1.88 bits per heavy atom. The molecule has 2 aliphatic rings. The van der Waals surface area contributed by atoms with Gasteiger partial charge in [-0.25, -0.2) is 0 Å². The fraction of sp³-hybridized carbons (Fsp3) is 0.280. The first-order valence-corrected chi connectivity index (χ1v) is 11.3. The summed E-state index contributed by atoms with van der Waals surface area (Å²) >= 11 is 0. The molecule has 1 saturated heterocycles. The lowest BCUT2D eigenvalue weighted by molar-refractivity contribution is 0.0231. The van der Waals surface area contributed by atoms with Crippen LogP contribution in [0.2, 0.25) is 0 Å². The van der Waals surface area contributed by atoms with Crippen molar-refractivity contribution >= 4 is 11.6 Å². The molecule has 1 aromatic carbocycles. The van der Waals surface area contributed by atoms with Crippen LogP contribution in [0.25, 0.3) is 11.6 Å². The number of fused-ring (bicyclic) bond motifs is 1. The number of benzene rings is 1. The average Bonchev–Trinajstić information content (AvgIpc) is 3.34. The third kappa shape index (κ3) is 3.89. The molecule has 0 bridgehead atoms. The number of rotatable bonds is 4. The van der Waals surface area contributed by atoms with E-state index in [2.05, 4.69) is 30.2 Å². The molecule has 0 unspecified atom stereocenters. The first-order chi connectivity index (χ1) is 16.7. The molecule has 9 heteroatoms. The molecular weight excluding hydrogens is 432 g/mol. The van der Waals surface area contributed by atoms with Gasteiger partial charge >= 0.3 is 0 Å². The molecule has 0 saturated carbocycles. The van der Waals surface area contributed by atoms with Crippen molar-refractivity contribution in [1.29, 1.82) is 0 Å². The summed E-state index contributed by atoms with van der Waals surface area (Å²) in [5.41, 5.74) is 1.77. The number of hydrogen-bond donors (Lipinski definition) is 0. The van der Waals surface area contributed by atoms with Gasteiger partial charge in [-0.15, -0.1) is 10.2 Å². The second kappa shape index (κ2) is 8.33. The first-order valence-electron chi connectivity index (χ1n) is 11.3. The summed E-state index contributed by atoms with van der Waals surface area (Å²) in [6, 6.07) is 15.1. The van der Waals surface area contributed by atoms with Crippen LogP contribution in [0.1, 0.15) is 41.0 Å². The molecule has 0 amide bonds. The van der Waals surface area contributed by atoms with Crippen molar-refractivity contribution in [2.24, 2.45) is 0 Å². The van der Waals surface area contributed by atoms with Crippen LogP contribution in [0.15, 0.2) is 65.4 Å². The average molecular weight is 454 g/mol. The van der Waals surface area contributed by atoms with Gasteiger partial charge in [-0.3, -0.25) is 9.78 Å². The van der Waals surface area contributed by atoms with E-state index in [1.54, 1.807) is 12.4 Å². The number of pyridine rings is 1. The standard InChI is InChI=1S/C25H22N6O3/c32-20-15-25(33-21-6-2-1-5-18(20)21)9-12-31(13-10-25)23-8-7-19(28-29-23)24-27-22(30-34-24)14-17-4-3-11-26-16-17/h1-8,11,16H,9-10,12-15H2. The van der Waals surface area contributed by atoms with Crippen molar-refractivity contribution in [2.75, 3.05) is 18.0 Å². The number of carbonyl (C=O) groups is 1. The molecule has 0 aliphatic carbocycles. The minimum absolute atomic E-state index is 0.155. The van der Waals surface area contributed by atoms with Gasteiger partial charge < -0.3 is 14.2 Å². The highest BCUT2D eigenvalue weighted by atomic mass is 16.5. The van der Waals surface area contributed by atoms with Gasteiger partial charge in [-0.05, 0) is 35.9 Å². The predicted molar refractivity (Wildman–Crippen MR) is 123 cm³/mol. The van der Waals surface area contributed by atoms with Crippen LogP contribution in [-0.4, -0.2) is 49.8 Å². The van der Waals surface area contributed by atoms with Gasteiger partial charge in [0.15, 0.2) is 23.1 Å². The number of ether oxygens (including phenoxy) is 1. The second-order valence-corrected chi connectivity index (χ2v) is 8.70. The molecule has 4 aromatic rings. The number of ketones is 1. The van der Waals surface area contributed by atoms with Crippen LogP contribution in [0.5, 0.6) is 5.75 Å². The van der Waals surface area contributed by atoms with Gasteiger partial charge in [0.1, 0.15) is 11.4 Å². The molecule has 5 heterocycles. The number of aromatic nitrogens is 5. The van der Waals surface area contributed by atoms with E-state index in [0.29, 0.717) is 41.6 Å². The largest absolute Gasteiger partial charge is 0.486 e. The van der Waals surface area contributed by atoms with Gasteiger partial charge in [0.05, 0.1) is 12.0 Å². The third-order valence-corrected chi connectivity index (χ3v) is 6.42. The Labute approximate surface area is 195 Å². The first kappa shape index (κ1) is 20.5. The van der Waals surface area contributed by atoms with E-state index in [1.165, 1.54) is 0 Å². The minimum atomic E-state index is -0.441. The monoisotopic (exact) mass is 454 g/mol. The predicted octanol–water partition coefficient (Wildman–Crippen LogP) is 3.52. The maximum atomic E-state index is 12.6. The van der Waals surface area contributed by atoms with Crippen LogP contribution in [0.3, 0.4) is 0 Å². The maximum absolute atomic E-state index is 12.6. The van der Waals surface area contributed by atoms with Crippen LogP contribution < -0.4 is 9.64 Å². The Morgan fingerprint density at radius 3 is 2.68 bits per heavy atom. The summed E-state index contributed by atoms with van der Waals surface area (Å²) in [7, 11) is 0. The maximum Gasteiger partial charge on any atom is 0.278 e. The van der Waals surface area contributed by atoms with Gasteiger partial charge in [0.25, 0.3) is 5.89 Å². The van der Waals surface area contributed by atoms with E-state index in [9.17, 15) is 4.79 Å². The Morgan fingerprint density at radius 1 is 1.00 bits per heavy atom. The number of hydrogen-bond acceptors (Lipinski definition) is 9. The molecule has 0 radical (unpaired) electrons. The van der Waals surface area contributed by atoms with E-state index in [0.717, 1.165) is 37.3 Å². The summed E-state index contributed by atoms with van der Waals surface area (Å²) in [5, 5.41) is 12.7. The summed E-state index contributed by atoms with van der Waals surface area (Å²) in [6.07, 6.45) is 5.95. The summed E-state index contributed by atoms with van der Waals surface area (Å²) in [5.74, 6) is 2.53. The van der Waals surface area contributed by atoms with Crippen molar-refractivity contribution in [3.05, 3.63) is 77.9 Å². The highest BCUT2D eigenvalue weighted by molar-refractivity contribution is 6.00. The summed E-state index contributed by atoms with van der Waals surface area (Å²) in [6.45, 7) is 1.47. The Hall–Kier alpha value is -4.14. The number of para-hydroxylation sites is 1. The van der Waals surface area contributed by atoms with Crippen LogP contribution >= 0.6 is 0 Å². The van der Waals surface area contributed by atoms with Gasteiger partial charge in [-0.1, -0.05) is 23.4 Å². The normalized spacial score (nSPS) is 16.8. The molecule has 9 nitrogen and oxygen atoms in total. The van der Waals surface area contributed by atoms with Crippen LogP contribution in [0, 0.1) is 0 Å². The molecule has 3 aromatic heterocycles. The Balaban J connectivity index is 1.11. The van der Waals surface area contributed by atoms with Crippen molar-refractivity contribution in [3.8, 4) is 17.3 Å². The summed E-state index contributed by atoms with van der Waals surface area (Å²) < 4.78 is 11.7. The Bertz CT molecular complexity index is 1310.